The Kier molecular flexibility index (Phi) is 6.13. The molecule has 1 aliphatic carbocycles. The number of nitrogens with one attached hydrogen (secondary N) is 1. The fourth-order valence-corrected chi connectivity index (χ4v) is 6.12. The van der Waals surface area contributed by atoms with Crippen molar-refractivity contribution in [2.24, 2.45) is 0 Å². The molecule has 33 heavy (non-hydrogen) atoms. The van der Waals surface area contributed by atoms with Crippen LogP contribution in [0.15, 0.2) is 53.3 Å². The van der Waals surface area contributed by atoms with Crippen LogP contribution in [0.3, 0.4) is 0 Å². The molecular weight excluding hydrogens is 456 g/mol. The maximum atomic E-state index is 13.8. The van der Waals surface area contributed by atoms with Crippen molar-refractivity contribution < 1.29 is 9.53 Å². The van der Waals surface area contributed by atoms with Crippen LogP contribution >= 0.6 is 22.9 Å². The van der Waals surface area contributed by atoms with Gasteiger partial charge in [-0.3, -0.25) is 9.59 Å². The van der Waals surface area contributed by atoms with E-state index >= 15 is 0 Å². The molecular formula is C26H25ClN2O3S. The predicted octanol–water partition coefficient (Wildman–Crippen LogP) is 6.38. The molecule has 5 rings (SSSR count). The van der Waals surface area contributed by atoms with Gasteiger partial charge in [-0.1, -0.05) is 42.6 Å². The van der Waals surface area contributed by atoms with Crippen LogP contribution in [0.1, 0.15) is 47.8 Å². The third kappa shape index (κ3) is 4.25. The zero-order chi connectivity index (χ0) is 22.9. The fraction of sp³-hybridized carbons (Fsp3) is 0.308. The predicted molar refractivity (Wildman–Crippen MR) is 135 cm³/mol. The number of halogens is 1. The van der Waals surface area contributed by atoms with Crippen molar-refractivity contribution in [3.8, 4) is 5.75 Å². The van der Waals surface area contributed by atoms with E-state index in [1.54, 1.807) is 0 Å². The number of aromatic nitrogens is 1. The number of nitrogens with zero attached hydrogens (tertiary/aromatic N) is 1. The van der Waals surface area contributed by atoms with Crippen LogP contribution in [0.25, 0.3) is 21.0 Å². The Labute approximate surface area is 200 Å². The molecule has 2 aromatic carbocycles. The molecule has 2 heterocycles. The number of rotatable bonds is 6. The lowest BCUT2D eigenvalue weighted by Gasteiger charge is -2.28. The van der Waals surface area contributed by atoms with E-state index in [0.29, 0.717) is 22.1 Å². The van der Waals surface area contributed by atoms with Crippen molar-refractivity contribution in [1.29, 1.82) is 0 Å². The summed E-state index contributed by atoms with van der Waals surface area (Å²) < 4.78 is 6.60. The molecule has 4 aromatic rings. The first-order valence-electron chi connectivity index (χ1n) is 11.3. The van der Waals surface area contributed by atoms with Crippen LogP contribution in [0.5, 0.6) is 5.75 Å². The summed E-state index contributed by atoms with van der Waals surface area (Å²) in [6.45, 7) is 2.76. The summed E-state index contributed by atoms with van der Waals surface area (Å²) in [5.74, 6) is 0.652. The van der Waals surface area contributed by atoms with E-state index in [1.807, 2.05) is 60.4 Å². The fourth-order valence-electron chi connectivity index (χ4n) is 4.65. The highest BCUT2D eigenvalue weighted by molar-refractivity contribution is 7.21. The molecule has 0 unspecified atom stereocenters. The molecule has 1 saturated carbocycles. The SMILES string of the molecule is CCOc1ccc2[nH]c(=O)c(CN(C(=O)c3sc4ccccc4c3Cl)C3CCCC3)cc2c1. The van der Waals surface area contributed by atoms with Gasteiger partial charge in [0.25, 0.3) is 11.5 Å². The Morgan fingerprint density at radius 3 is 2.73 bits per heavy atom. The molecule has 1 amide bonds. The summed E-state index contributed by atoms with van der Waals surface area (Å²) in [7, 11) is 0. The standard InChI is InChI=1S/C26H25ClN2O3S/c1-2-32-19-11-12-21-16(14-19)13-17(25(30)28-21)15-29(18-7-3-4-8-18)26(31)24-23(27)20-9-5-6-10-22(20)33-24/h5-6,9-14,18H,2-4,7-8,15H2,1H3,(H,28,30). The summed E-state index contributed by atoms with van der Waals surface area (Å²) >= 11 is 8.06. The van der Waals surface area contributed by atoms with Crippen molar-refractivity contribution in [3.63, 3.8) is 0 Å². The van der Waals surface area contributed by atoms with E-state index in [2.05, 4.69) is 4.98 Å². The molecule has 1 aliphatic rings. The maximum Gasteiger partial charge on any atom is 0.266 e. The summed E-state index contributed by atoms with van der Waals surface area (Å²) in [5.41, 5.74) is 1.14. The smallest absolute Gasteiger partial charge is 0.266 e. The lowest BCUT2D eigenvalue weighted by Crippen LogP contribution is -2.39. The van der Waals surface area contributed by atoms with E-state index in [-0.39, 0.29) is 24.1 Å². The van der Waals surface area contributed by atoms with E-state index < -0.39 is 0 Å². The Morgan fingerprint density at radius 1 is 1.18 bits per heavy atom. The lowest BCUT2D eigenvalue weighted by atomic mass is 10.1. The van der Waals surface area contributed by atoms with Gasteiger partial charge in [0.2, 0.25) is 0 Å². The minimum Gasteiger partial charge on any atom is -0.494 e. The Bertz CT molecular complexity index is 1390. The minimum atomic E-state index is -0.176. The second kappa shape index (κ2) is 9.20. The number of hydrogen-bond acceptors (Lipinski definition) is 4. The highest BCUT2D eigenvalue weighted by atomic mass is 35.5. The average molecular weight is 481 g/mol. The maximum absolute atomic E-state index is 13.8. The van der Waals surface area contributed by atoms with Gasteiger partial charge >= 0.3 is 0 Å². The highest BCUT2D eigenvalue weighted by Gasteiger charge is 2.31. The molecule has 0 saturated heterocycles. The van der Waals surface area contributed by atoms with Gasteiger partial charge in [-0.15, -0.1) is 11.3 Å². The quantitative estimate of drug-likeness (QED) is 0.348. The number of hydrogen-bond donors (Lipinski definition) is 1. The van der Waals surface area contributed by atoms with Gasteiger partial charge in [-0.05, 0) is 50.1 Å². The van der Waals surface area contributed by atoms with E-state index in [4.69, 9.17) is 16.3 Å². The molecule has 170 valence electrons. The van der Waals surface area contributed by atoms with Gasteiger partial charge in [0.05, 0.1) is 18.2 Å². The molecule has 0 bridgehead atoms. The molecule has 7 heteroatoms. The number of pyridine rings is 1. The topological polar surface area (TPSA) is 62.4 Å². The van der Waals surface area contributed by atoms with Crippen LogP contribution < -0.4 is 10.3 Å². The van der Waals surface area contributed by atoms with Crippen molar-refractivity contribution in [2.45, 2.75) is 45.2 Å². The number of H-pyrrole nitrogens is 1. The first-order valence-corrected chi connectivity index (χ1v) is 12.5. The van der Waals surface area contributed by atoms with Crippen molar-refractivity contribution in [3.05, 3.63) is 74.3 Å². The average Bonchev–Trinajstić information content (AvgIpc) is 3.46. The van der Waals surface area contributed by atoms with E-state index in [1.165, 1.54) is 11.3 Å². The second-order valence-corrected chi connectivity index (χ2v) is 9.85. The van der Waals surface area contributed by atoms with Crippen LogP contribution in [0.2, 0.25) is 5.02 Å². The van der Waals surface area contributed by atoms with Gasteiger partial charge in [-0.25, -0.2) is 0 Å². The van der Waals surface area contributed by atoms with Crippen LogP contribution in [-0.4, -0.2) is 28.4 Å². The summed E-state index contributed by atoms with van der Waals surface area (Å²) in [6.07, 6.45) is 4.04. The van der Waals surface area contributed by atoms with Gasteiger partial charge in [0.1, 0.15) is 10.6 Å². The molecule has 0 aliphatic heterocycles. The van der Waals surface area contributed by atoms with Gasteiger partial charge in [0.15, 0.2) is 0 Å². The normalized spacial score (nSPS) is 14.2. The van der Waals surface area contributed by atoms with Gasteiger partial charge < -0.3 is 14.6 Å². The molecule has 0 spiro atoms. The summed E-state index contributed by atoms with van der Waals surface area (Å²) in [4.78, 5) is 32.0. The van der Waals surface area contributed by atoms with Crippen molar-refractivity contribution in [1.82, 2.24) is 9.88 Å². The Morgan fingerprint density at radius 2 is 1.97 bits per heavy atom. The summed E-state index contributed by atoms with van der Waals surface area (Å²) in [6, 6.07) is 15.4. The van der Waals surface area contributed by atoms with Crippen LogP contribution in [-0.2, 0) is 6.54 Å². The molecule has 0 atom stereocenters. The van der Waals surface area contributed by atoms with Crippen LogP contribution in [0, 0.1) is 0 Å². The number of aromatic amines is 1. The zero-order valence-corrected chi connectivity index (χ0v) is 20.0. The second-order valence-electron chi connectivity index (χ2n) is 8.42. The number of carbonyl (C=O) groups is 1. The van der Waals surface area contributed by atoms with Crippen molar-refractivity contribution >= 4 is 49.8 Å². The van der Waals surface area contributed by atoms with Gasteiger partial charge in [-0.2, -0.15) is 0 Å². The molecule has 5 nitrogen and oxygen atoms in total. The zero-order valence-electron chi connectivity index (χ0n) is 18.4. The van der Waals surface area contributed by atoms with Crippen LogP contribution in [0.4, 0.5) is 0 Å². The van der Waals surface area contributed by atoms with Gasteiger partial charge in [0, 0.05) is 32.6 Å². The van der Waals surface area contributed by atoms with E-state index in [0.717, 1.165) is 52.4 Å². The summed E-state index contributed by atoms with van der Waals surface area (Å²) in [5, 5.41) is 2.28. The van der Waals surface area contributed by atoms with Crippen molar-refractivity contribution in [2.75, 3.05) is 6.61 Å². The highest BCUT2D eigenvalue weighted by Crippen LogP contribution is 2.37. The molecule has 1 fully saturated rings. The Hall–Kier alpha value is -2.83. The number of thiophene rings is 1. The third-order valence-corrected chi connectivity index (χ3v) is 7.96. The molecule has 2 aromatic heterocycles. The first kappa shape index (κ1) is 22.0. The molecule has 0 radical (unpaired) electrons. The largest absolute Gasteiger partial charge is 0.494 e. The number of carbonyl (C=O) groups excluding carboxylic acids is 1. The third-order valence-electron chi connectivity index (χ3n) is 6.30. The first-order chi connectivity index (χ1) is 16.0. The lowest BCUT2D eigenvalue weighted by molar-refractivity contribution is 0.0669. The number of benzene rings is 2. The number of amides is 1. The number of ether oxygens (including phenoxy) is 1. The molecule has 1 N–H and O–H groups in total. The number of fused-ring (bicyclic) bond motifs is 2. The van der Waals surface area contributed by atoms with E-state index in [9.17, 15) is 9.59 Å². The monoisotopic (exact) mass is 480 g/mol. The minimum absolute atomic E-state index is 0.101. The Balaban J connectivity index is 1.53.